The number of hydrogen-bond donors (Lipinski definition) is 2. The lowest BCUT2D eigenvalue weighted by atomic mass is 10.1. The van der Waals surface area contributed by atoms with Gasteiger partial charge in [-0.25, -0.2) is 0 Å². The van der Waals surface area contributed by atoms with Crippen LogP contribution in [0.4, 0.5) is 11.4 Å². The minimum absolute atomic E-state index is 0.410. The van der Waals surface area contributed by atoms with E-state index in [2.05, 4.69) is 11.8 Å². The third kappa shape index (κ3) is 2.20. The van der Waals surface area contributed by atoms with E-state index in [1.54, 1.807) is 12.1 Å². The van der Waals surface area contributed by atoms with Crippen molar-refractivity contribution >= 4 is 17.3 Å². The highest BCUT2D eigenvalue weighted by atomic mass is 16.1. The van der Waals surface area contributed by atoms with Gasteiger partial charge in [0.15, 0.2) is 0 Å². The number of benzene rings is 1. The van der Waals surface area contributed by atoms with E-state index in [1.165, 1.54) is 0 Å². The van der Waals surface area contributed by atoms with Crippen LogP contribution >= 0.6 is 0 Å². The summed E-state index contributed by atoms with van der Waals surface area (Å²) in [4.78, 5) is 13.6. The van der Waals surface area contributed by atoms with Crippen LogP contribution < -0.4 is 16.4 Å². The van der Waals surface area contributed by atoms with Gasteiger partial charge in [0.05, 0.1) is 16.9 Å². The molecule has 1 aromatic rings. The molecule has 2 rings (SSSR count). The largest absolute Gasteiger partial charge is 0.397 e. The van der Waals surface area contributed by atoms with Gasteiger partial charge in [-0.1, -0.05) is 19.4 Å². The van der Waals surface area contributed by atoms with Crippen LogP contribution in [0.3, 0.4) is 0 Å². The van der Waals surface area contributed by atoms with Gasteiger partial charge >= 0.3 is 0 Å². The predicted molar refractivity (Wildman–Crippen MR) is 70.0 cm³/mol. The smallest absolute Gasteiger partial charge is 0.250 e. The van der Waals surface area contributed by atoms with Gasteiger partial charge in [0.25, 0.3) is 5.91 Å². The molecule has 1 atom stereocenters. The zero-order valence-corrected chi connectivity index (χ0v) is 10.1. The molecule has 1 unspecified atom stereocenters. The van der Waals surface area contributed by atoms with E-state index >= 15 is 0 Å². The maximum absolute atomic E-state index is 11.4. The number of para-hydroxylation sites is 1. The number of carbonyl (C=O) groups is 1. The zero-order valence-electron chi connectivity index (χ0n) is 10.1. The quantitative estimate of drug-likeness (QED) is 0.779. The van der Waals surface area contributed by atoms with E-state index in [9.17, 15) is 4.79 Å². The number of nitrogens with zero attached hydrogens (tertiary/aromatic N) is 1. The van der Waals surface area contributed by atoms with Crippen LogP contribution in [0.5, 0.6) is 0 Å². The molecule has 1 heterocycles. The van der Waals surface area contributed by atoms with E-state index in [4.69, 9.17) is 11.5 Å². The Morgan fingerprint density at radius 2 is 2.29 bits per heavy atom. The summed E-state index contributed by atoms with van der Waals surface area (Å²) in [6, 6.07) is 5.33. The molecule has 0 bridgehead atoms. The van der Waals surface area contributed by atoms with E-state index in [0.29, 0.717) is 17.2 Å². The number of hydrogen-bond acceptors (Lipinski definition) is 3. The third-order valence-electron chi connectivity index (χ3n) is 3.51. The molecule has 92 valence electrons. The number of carbonyl (C=O) groups excluding carboxylic acids is 1. The fraction of sp³-hybridized carbons (Fsp3) is 0.462. The van der Waals surface area contributed by atoms with E-state index in [0.717, 1.165) is 31.6 Å². The second-order valence-corrected chi connectivity index (χ2v) is 4.62. The lowest BCUT2D eigenvalue weighted by Crippen LogP contribution is -2.25. The summed E-state index contributed by atoms with van der Waals surface area (Å²) < 4.78 is 0. The second-order valence-electron chi connectivity index (χ2n) is 4.62. The fourth-order valence-corrected chi connectivity index (χ4v) is 2.48. The second kappa shape index (κ2) is 4.65. The molecule has 1 aromatic carbocycles. The van der Waals surface area contributed by atoms with Crippen molar-refractivity contribution in [1.82, 2.24) is 0 Å². The standard InChI is InChI=1S/C13H19N3O/c1-2-9-6-7-16(8-9)12-10(13(15)17)4-3-5-11(12)14/h3-5,9H,2,6-8,14H2,1H3,(H2,15,17). The van der Waals surface area contributed by atoms with Crippen LogP contribution in [0, 0.1) is 5.92 Å². The molecular weight excluding hydrogens is 214 g/mol. The van der Waals surface area contributed by atoms with E-state index in [1.807, 2.05) is 6.07 Å². The first kappa shape index (κ1) is 11.8. The molecule has 4 heteroatoms. The number of primary amides is 1. The Bertz CT molecular complexity index is 431. The Morgan fingerprint density at radius 1 is 1.53 bits per heavy atom. The highest BCUT2D eigenvalue weighted by molar-refractivity contribution is 6.01. The Morgan fingerprint density at radius 3 is 2.88 bits per heavy atom. The van der Waals surface area contributed by atoms with E-state index in [-0.39, 0.29) is 0 Å². The molecule has 0 aliphatic carbocycles. The molecule has 0 spiro atoms. The average molecular weight is 233 g/mol. The Hall–Kier alpha value is -1.71. The third-order valence-corrected chi connectivity index (χ3v) is 3.51. The van der Waals surface area contributed by atoms with E-state index < -0.39 is 5.91 Å². The topological polar surface area (TPSA) is 72.3 Å². The number of rotatable bonds is 3. The highest BCUT2D eigenvalue weighted by Gasteiger charge is 2.25. The molecule has 1 saturated heterocycles. The molecule has 1 aliphatic rings. The van der Waals surface area contributed by atoms with Crippen LogP contribution in [0.15, 0.2) is 18.2 Å². The SMILES string of the molecule is CCC1CCN(c2c(N)cccc2C(N)=O)C1. The van der Waals surface area contributed by atoms with Crippen molar-refractivity contribution in [2.45, 2.75) is 19.8 Å². The van der Waals surface area contributed by atoms with Gasteiger partial charge in [0.1, 0.15) is 0 Å². The van der Waals surface area contributed by atoms with Crippen LogP contribution in [0.1, 0.15) is 30.1 Å². The van der Waals surface area contributed by atoms with Crippen molar-refractivity contribution in [1.29, 1.82) is 0 Å². The van der Waals surface area contributed by atoms with Gasteiger partial charge < -0.3 is 16.4 Å². The minimum Gasteiger partial charge on any atom is -0.397 e. The van der Waals surface area contributed by atoms with Gasteiger partial charge in [-0.15, -0.1) is 0 Å². The number of anilines is 2. The predicted octanol–water partition coefficient (Wildman–Crippen LogP) is 1.60. The van der Waals surface area contributed by atoms with Gasteiger partial charge in [0.2, 0.25) is 0 Å². The lowest BCUT2D eigenvalue weighted by molar-refractivity contribution is 0.100. The van der Waals surface area contributed by atoms with Crippen LogP contribution in [0.2, 0.25) is 0 Å². The van der Waals surface area contributed by atoms with Crippen molar-refractivity contribution in [3.05, 3.63) is 23.8 Å². The van der Waals surface area contributed by atoms with Gasteiger partial charge in [0, 0.05) is 13.1 Å². The minimum atomic E-state index is -0.410. The zero-order chi connectivity index (χ0) is 12.4. The van der Waals surface area contributed by atoms with Gasteiger partial charge in [-0.3, -0.25) is 4.79 Å². The molecule has 4 nitrogen and oxygen atoms in total. The van der Waals surface area contributed by atoms with Crippen molar-refractivity contribution in [3.63, 3.8) is 0 Å². The van der Waals surface area contributed by atoms with Crippen molar-refractivity contribution in [3.8, 4) is 0 Å². The Balaban J connectivity index is 2.34. The summed E-state index contributed by atoms with van der Waals surface area (Å²) in [6.45, 7) is 4.11. The summed E-state index contributed by atoms with van der Waals surface area (Å²) in [7, 11) is 0. The Labute approximate surface area is 102 Å². The molecule has 1 fully saturated rings. The number of nitrogen functional groups attached to an aromatic ring is 1. The maximum Gasteiger partial charge on any atom is 0.250 e. The number of nitrogens with two attached hydrogens (primary N) is 2. The van der Waals surface area contributed by atoms with Crippen molar-refractivity contribution in [2.24, 2.45) is 11.7 Å². The Kier molecular flexibility index (Phi) is 3.22. The van der Waals surface area contributed by atoms with Crippen LogP contribution in [-0.2, 0) is 0 Å². The van der Waals surface area contributed by atoms with Crippen LogP contribution in [-0.4, -0.2) is 19.0 Å². The maximum atomic E-state index is 11.4. The van der Waals surface area contributed by atoms with Gasteiger partial charge in [-0.05, 0) is 24.5 Å². The molecular formula is C13H19N3O. The molecule has 17 heavy (non-hydrogen) atoms. The molecule has 0 saturated carbocycles. The summed E-state index contributed by atoms with van der Waals surface area (Å²) in [6.07, 6.45) is 2.32. The van der Waals surface area contributed by atoms with Crippen molar-refractivity contribution < 1.29 is 4.79 Å². The normalized spacial score (nSPS) is 19.6. The first-order valence-corrected chi connectivity index (χ1v) is 6.06. The summed E-state index contributed by atoms with van der Waals surface area (Å²) in [5.74, 6) is 0.280. The molecule has 0 radical (unpaired) electrons. The van der Waals surface area contributed by atoms with Crippen LogP contribution in [0.25, 0.3) is 0 Å². The monoisotopic (exact) mass is 233 g/mol. The molecule has 4 N–H and O–H groups in total. The molecule has 0 aromatic heterocycles. The molecule has 1 aliphatic heterocycles. The summed E-state index contributed by atoms with van der Waals surface area (Å²) in [5, 5.41) is 0. The molecule has 1 amide bonds. The average Bonchev–Trinajstić information content (AvgIpc) is 2.76. The first-order chi connectivity index (χ1) is 8.13. The lowest BCUT2D eigenvalue weighted by Gasteiger charge is -2.22. The summed E-state index contributed by atoms with van der Waals surface area (Å²) >= 11 is 0. The first-order valence-electron chi connectivity index (χ1n) is 6.06. The fourth-order valence-electron chi connectivity index (χ4n) is 2.48. The number of amides is 1. The highest BCUT2D eigenvalue weighted by Crippen LogP contribution is 2.32. The summed E-state index contributed by atoms with van der Waals surface area (Å²) in [5.41, 5.74) is 13.4. The van der Waals surface area contributed by atoms with Crippen molar-refractivity contribution in [2.75, 3.05) is 23.7 Å². The van der Waals surface area contributed by atoms with Gasteiger partial charge in [-0.2, -0.15) is 0 Å².